The van der Waals surface area contributed by atoms with E-state index in [1.807, 2.05) is 91.0 Å². The predicted octanol–water partition coefficient (Wildman–Crippen LogP) is 5.54. The Morgan fingerprint density at radius 3 is 1.26 bits per heavy atom. The molecule has 0 spiro atoms. The van der Waals surface area contributed by atoms with Crippen LogP contribution in [0.1, 0.15) is 51.8 Å². The zero-order valence-corrected chi connectivity index (χ0v) is 29.3. The summed E-state index contributed by atoms with van der Waals surface area (Å²) in [4.78, 5) is 84.6. The molecule has 0 aliphatic carbocycles. The predicted molar refractivity (Wildman–Crippen MR) is 205 cm³/mol. The van der Waals surface area contributed by atoms with E-state index in [0.717, 1.165) is 25.7 Å². The maximum absolute atomic E-state index is 14.9. The number of carbonyl (C=O) groups excluding carboxylic acids is 6. The summed E-state index contributed by atoms with van der Waals surface area (Å²) >= 11 is 0. The Labute approximate surface area is 309 Å². The molecule has 0 radical (unpaired) electrons. The highest BCUT2D eigenvalue weighted by atomic mass is 31.2. The lowest BCUT2D eigenvalue weighted by Crippen LogP contribution is -2.55. The van der Waals surface area contributed by atoms with E-state index in [9.17, 15) is 28.8 Å². The summed E-state index contributed by atoms with van der Waals surface area (Å²) in [6, 6.07) is 46.4. The molecule has 6 aromatic rings. The van der Waals surface area contributed by atoms with Crippen molar-refractivity contribution in [3.63, 3.8) is 0 Å². The molecule has 10 nitrogen and oxygen atoms in total. The molecule has 11 heteroatoms. The number of nitrogens with zero attached hydrogens (tertiary/aromatic N) is 3. The first-order valence-corrected chi connectivity index (χ1v) is 18.7. The molecular weight excluding hydrogens is 699 g/mol. The summed E-state index contributed by atoms with van der Waals surface area (Å²) in [5.74, 6) is -4.20. The molecule has 0 aromatic heterocycles. The molecular formula is C43H29N4O6P. The first kappa shape index (κ1) is 34.1. The molecule has 6 aromatic carbocycles. The fourth-order valence-electron chi connectivity index (χ4n) is 6.83. The van der Waals surface area contributed by atoms with E-state index in [-0.39, 0.29) is 33.5 Å². The molecule has 2 heterocycles. The number of hydrogen-bond donors (Lipinski definition) is 1. The minimum atomic E-state index is -3.18. The Bertz CT molecular complexity index is 2390. The molecule has 6 amide bonds. The van der Waals surface area contributed by atoms with Gasteiger partial charge in [0.05, 0.1) is 35.0 Å². The molecule has 0 saturated carbocycles. The van der Waals surface area contributed by atoms with Gasteiger partial charge < -0.3 is 5.32 Å². The Morgan fingerprint density at radius 2 is 0.852 bits per heavy atom. The number of rotatable bonds is 8. The number of anilines is 1. The number of benzene rings is 6. The standard InChI is InChI=1S/C43H29N4O6P/c48-38(28-24-26-29(27-25-28)46-40(50)33-20-10-11-21-34(33)41(46)51)44-37(47-42(52)35-22-12-13-23-36(35)43(47)53)39(49)45-54(30-14-4-1-5-15-30,31-16-6-2-7-17-31)32-18-8-3-9-19-32/h1-27,37H,(H,44,48). The van der Waals surface area contributed by atoms with E-state index >= 15 is 0 Å². The lowest BCUT2D eigenvalue weighted by Gasteiger charge is -2.29. The SMILES string of the molecule is O=C(NC(C(=O)N=P(c1ccccc1)(c1ccccc1)c1ccccc1)N1C(=O)c2ccccc2C1=O)c1ccc(N2C(=O)c3ccccc3C2=O)cc1. The van der Waals surface area contributed by atoms with E-state index in [1.165, 1.54) is 36.4 Å². The third kappa shape index (κ3) is 5.66. The van der Waals surface area contributed by atoms with E-state index in [1.54, 1.807) is 36.4 Å². The number of carbonyl (C=O) groups is 6. The molecule has 1 unspecified atom stereocenters. The fourth-order valence-corrected chi connectivity index (χ4v) is 10.3. The molecule has 54 heavy (non-hydrogen) atoms. The molecule has 1 N–H and O–H groups in total. The van der Waals surface area contributed by atoms with Crippen LogP contribution in [-0.4, -0.2) is 46.5 Å². The van der Waals surface area contributed by atoms with Crippen LogP contribution < -0.4 is 26.1 Å². The van der Waals surface area contributed by atoms with Crippen LogP contribution in [0.2, 0.25) is 0 Å². The summed E-state index contributed by atoms with van der Waals surface area (Å²) in [7, 11) is -3.18. The summed E-state index contributed by atoms with van der Waals surface area (Å²) in [5, 5.41) is 4.87. The van der Waals surface area contributed by atoms with Crippen LogP contribution in [0.25, 0.3) is 0 Å². The van der Waals surface area contributed by atoms with Gasteiger partial charge in [-0.1, -0.05) is 115 Å². The topological polar surface area (TPSA) is 133 Å². The lowest BCUT2D eigenvalue weighted by molar-refractivity contribution is -0.122. The summed E-state index contributed by atoms with van der Waals surface area (Å²) in [6.45, 7) is 0. The van der Waals surface area contributed by atoms with Gasteiger partial charge in [0, 0.05) is 21.5 Å². The number of nitrogens with one attached hydrogen (secondary N) is 1. The van der Waals surface area contributed by atoms with Crippen LogP contribution >= 0.6 is 7.05 Å². The van der Waals surface area contributed by atoms with Crippen LogP contribution in [0.15, 0.2) is 169 Å². The second-order valence-corrected chi connectivity index (χ2v) is 15.5. The first-order chi connectivity index (χ1) is 26.3. The van der Waals surface area contributed by atoms with E-state index in [2.05, 4.69) is 5.32 Å². The Balaban J connectivity index is 1.22. The average molecular weight is 729 g/mol. The molecule has 0 saturated heterocycles. The van der Waals surface area contributed by atoms with Crippen LogP contribution in [0.4, 0.5) is 5.69 Å². The van der Waals surface area contributed by atoms with Crippen molar-refractivity contribution >= 4 is 64.1 Å². The first-order valence-electron chi connectivity index (χ1n) is 17.0. The van der Waals surface area contributed by atoms with Gasteiger partial charge in [0.15, 0.2) is 6.17 Å². The van der Waals surface area contributed by atoms with Crippen molar-refractivity contribution in [2.45, 2.75) is 6.17 Å². The summed E-state index contributed by atoms with van der Waals surface area (Å²) in [5.41, 5.74) is 1.01. The maximum Gasteiger partial charge on any atom is 0.289 e. The van der Waals surface area contributed by atoms with Crippen molar-refractivity contribution in [1.29, 1.82) is 0 Å². The number of imide groups is 2. The lowest BCUT2D eigenvalue weighted by atomic mass is 10.1. The quantitative estimate of drug-likeness (QED) is 0.162. The molecule has 0 fully saturated rings. The number of hydrogen-bond acceptors (Lipinski definition) is 6. The van der Waals surface area contributed by atoms with Gasteiger partial charge in [-0.3, -0.25) is 28.8 Å². The normalized spacial score (nSPS) is 14.1. The van der Waals surface area contributed by atoms with Crippen molar-refractivity contribution in [2.24, 2.45) is 4.74 Å². The average Bonchev–Trinajstić information content (AvgIpc) is 3.63. The molecule has 2 aliphatic rings. The van der Waals surface area contributed by atoms with Gasteiger partial charge in [0.1, 0.15) is 0 Å². The second kappa shape index (κ2) is 13.8. The fraction of sp³-hybridized carbons (Fsp3) is 0.0233. The third-order valence-electron chi connectivity index (χ3n) is 9.41. The third-order valence-corrected chi connectivity index (χ3v) is 13.0. The molecule has 2 aliphatic heterocycles. The molecule has 1 atom stereocenters. The van der Waals surface area contributed by atoms with Crippen LogP contribution in [0.3, 0.4) is 0 Å². The molecule has 8 rings (SSSR count). The van der Waals surface area contributed by atoms with Gasteiger partial charge in [-0.15, -0.1) is 0 Å². The minimum Gasteiger partial charge on any atom is -0.323 e. The van der Waals surface area contributed by atoms with Crippen LogP contribution in [0, 0.1) is 0 Å². The van der Waals surface area contributed by atoms with Gasteiger partial charge in [0.25, 0.3) is 35.4 Å². The van der Waals surface area contributed by atoms with Crippen LogP contribution in [-0.2, 0) is 4.79 Å². The van der Waals surface area contributed by atoms with E-state index < -0.39 is 48.7 Å². The van der Waals surface area contributed by atoms with Gasteiger partial charge in [-0.25, -0.2) is 14.5 Å². The van der Waals surface area contributed by atoms with Crippen molar-refractivity contribution in [1.82, 2.24) is 10.2 Å². The maximum atomic E-state index is 14.9. The second-order valence-electron chi connectivity index (χ2n) is 12.5. The number of amides is 6. The Morgan fingerprint density at radius 1 is 0.481 bits per heavy atom. The molecule has 0 bridgehead atoms. The highest BCUT2D eigenvalue weighted by Gasteiger charge is 2.45. The monoisotopic (exact) mass is 728 g/mol. The van der Waals surface area contributed by atoms with E-state index in [0.29, 0.717) is 0 Å². The molecule has 262 valence electrons. The van der Waals surface area contributed by atoms with Crippen molar-refractivity contribution in [2.75, 3.05) is 4.90 Å². The Hall–Kier alpha value is -7.03. The summed E-state index contributed by atoms with van der Waals surface area (Å²) < 4.78 is 4.97. The zero-order chi connectivity index (χ0) is 37.4. The van der Waals surface area contributed by atoms with Gasteiger partial charge >= 0.3 is 0 Å². The van der Waals surface area contributed by atoms with Gasteiger partial charge in [-0.05, 0) is 48.5 Å². The zero-order valence-electron chi connectivity index (χ0n) is 28.4. The van der Waals surface area contributed by atoms with Crippen LogP contribution in [0.5, 0.6) is 0 Å². The highest BCUT2D eigenvalue weighted by Crippen LogP contribution is 2.47. The Kier molecular flexibility index (Phi) is 8.73. The largest absolute Gasteiger partial charge is 0.323 e. The van der Waals surface area contributed by atoms with Crippen molar-refractivity contribution < 1.29 is 28.8 Å². The smallest absolute Gasteiger partial charge is 0.289 e. The highest BCUT2D eigenvalue weighted by molar-refractivity contribution is 7.87. The summed E-state index contributed by atoms with van der Waals surface area (Å²) in [6.07, 6.45) is -1.84. The number of fused-ring (bicyclic) bond motifs is 2. The van der Waals surface area contributed by atoms with Crippen molar-refractivity contribution in [3.05, 3.63) is 192 Å². The minimum absolute atomic E-state index is 0.0417. The van der Waals surface area contributed by atoms with E-state index in [4.69, 9.17) is 4.74 Å². The van der Waals surface area contributed by atoms with Crippen molar-refractivity contribution in [3.8, 4) is 0 Å². The van der Waals surface area contributed by atoms with Gasteiger partial charge in [0.2, 0.25) is 0 Å². The van der Waals surface area contributed by atoms with Gasteiger partial charge in [-0.2, -0.15) is 0 Å².